The second-order valence-corrected chi connectivity index (χ2v) is 4.35. The van der Waals surface area contributed by atoms with Gasteiger partial charge in [-0.3, -0.25) is 0 Å². The molecule has 1 unspecified atom stereocenters. The largest absolute Gasteiger partial charge is 0.491 e. The molecule has 4 N–H and O–H groups in total. The average Bonchev–Trinajstić information content (AvgIpc) is 2.10. The van der Waals surface area contributed by atoms with Crippen LogP contribution in [0.2, 0.25) is 0 Å². The van der Waals surface area contributed by atoms with Gasteiger partial charge in [0.2, 0.25) is 0 Å². The minimum absolute atomic E-state index is 0.202. The maximum Gasteiger partial charge on any atom is 0.121 e. The Morgan fingerprint density at radius 2 is 1.80 bits per heavy atom. The molecular formula is C12H20N2O. The Hall–Kier alpha value is -1.38. The lowest BCUT2D eigenvalue weighted by atomic mass is 10.1. The molecule has 0 bridgehead atoms. The lowest BCUT2D eigenvalue weighted by Gasteiger charge is -2.17. The first-order valence-corrected chi connectivity index (χ1v) is 5.30. The lowest BCUT2D eigenvalue weighted by Crippen LogP contribution is -2.14. The van der Waals surface area contributed by atoms with Crippen molar-refractivity contribution in [3.63, 3.8) is 0 Å². The van der Waals surface area contributed by atoms with E-state index in [1.54, 1.807) is 12.1 Å². The van der Waals surface area contributed by atoms with Gasteiger partial charge in [0.1, 0.15) is 5.75 Å². The van der Waals surface area contributed by atoms with Crippen LogP contribution in [0.1, 0.15) is 27.2 Å². The summed E-state index contributed by atoms with van der Waals surface area (Å²) in [6, 6.07) is 5.39. The number of hydrogen-bond donors (Lipinski definition) is 2. The van der Waals surface area contributed by atoms with Crippen molar-refractivity contribution in [3.8, 4) is 5.75 Å². The molecule has 1 atom stereocenters. The maximum absolute atomic E-state index is 5.73. The van der Waals surface area contributed by atoms with Gasteiger partial charge in [0.05, 0.1) is 17.5 Å². The highest BCUT2D eigenvalue weighted by atomic mass is 16.5. The predicted molar refractivity (Wildman–Crippen MR) is 64.8 cm³/mol. The molecule has 0 aliphatic rings. The van der Waals surface area contributed by atoms with E-state index in [9.17, 15) is 0 Å². The minimum Gasteiger partial charge on any atom is -0.491 e. The first-order valence-electron chi connectivity index (χ1n) is 5.30. The topological polar surface area (TPSA) is 61.3 Å². The Kier molecular flexibility index (Phi) is 3.83. The number of hydrogen-bond acceptors (Lipinski definition) is 3. The number of nitrogens with two attached hydrogens (primary N) is 2. The molecule has 0 heterocycles. The third-order valence-electron chi connectivity index (χ3n) is 2.20. The summed E-state index contributed by atoms with van der Waals surface area (Å²) < 4.78 is 5.73. The van der Waals surface area contributed by atoms with Crippen molar-refractivity contribution in [2.75, 3.05) is 11.5 Å². The van der Waals surface area contributed by atoms with Gasteiger partial charge in [-0.05, 0) is 31.4 Å². The molecule has 1 aromatic rings. The fourth-order valence-corrected chi connectivity index (χ4v) is 1.57. The van der Waals surface area contributed by atoms with Gasteiger partial charge in [0.15, 0.2) is 0 Å². The molecule has 0 saturated carbocycles. The zero-order valence-electron chi connectivity index (χ0n) is 9.66. The molecule has 0 saturated heterocycles. The van der Waals surface area contributed by atoms with Crippen LogP contribution in [0.5, 0.6) is 5.75 Å². The van der Waals surface area contributed by atoms with E-state index >= 15 is 0 Å². The van der Waals surface area contributed by atoms with E-state index in [1.807, 2.05) is 6.07 Å². The zero-order chi connectivity index (χ0) is 11.4. The molecule has 1 rings (SSSR count). The second kappa shape index (κ2) is 4.91. The van der Waals surface area contributed by atoms with Crippen molar-refractivity contribution >= 4 is 11.4 Å². The Morgan fingerprint density at radius 3 is 2.33 bits per heavy atom. The molecule has 84 valence electrons. The number of ether oxygens (including phenoxy) is 1. The number of anilines is 2. The summed E-state index contributed by atoms with van der Waals surface area (Å²) in [6.07, 6.45) is 1.23. The summed E-state index contributed by atoms with van der Waals surface area (Å²) in [5.74, 6) is 1.42. The first kappa shape index (κ1) is 11.7. The number of rotatable bonds is 4. The molecule has 0 aromatic heterocycles. The Bertz CT molecular complexity index is 323. The van der Waals surface area contributed by atoms with Crippen molar-refractivity contribution < 1.29 is 4.74 Å². The van der Waals surface area contributed by atoms with Crippen molar-refractivity contribution in [3.05, 3.63) is 18.2 Å². The quantitative estimate of drug-likeness (QED) is 0.748. The highest BCUT2D eigenvalue weighted by Gasteiger charge is 2.07. The highest BCUT2D eigenvalue weighted by molar-refractivity contribution is 5.65. The van der Waals surface area contributed by atoms with Crippen LogP contribution in [0.15, 0.2) is 18.2 Å². The number of nitrogen functional groups attached to an aromatic ring is 2. The second-order valence-electron chi connectivity index (χ2n) is 4.35. The molecule has 0 amide bonds. The van der Waals surface area contributed by atoms with Gasteiger partial charge in [0.25, 0.3) is 0 Å². The molecule has 1 aromatic carbocycles. The Morgan fingerprint density at radius 1 is 1.13 bits per heavy atom. The van der Waals surface area contributed by atoms with E-state index in [-0.39, 0.29) is 6.10 Å². The fraction of sp³-hybridized carbons (Fsp3) is 0.500. The van der Waals surface area contributed by atoms with Crippen LogP contribution < -0.4 is 16.2 Å². The lowest BCUT2D eigenvalue weighted by molar-refractivity contribution is 0.193. The van der Waals surface area contributed by atoms with Gasteiger partial charge in [-0.25, -0.2) is 0 Å². The zero-order valence-corrected chi connectivity index (χ0v) is 9.66. The monoisotopic (exact) mass is 208 g/mol. The molecule has 3 nitrogen and oxygen atoms in total. The summed E-state index contributed by atoms with van der Waals surface area (Å²) in [7, 11) is 0. The van der Waals surface area contributed by atoms with Crippen molar-refractivity contribution in [1.29, 1.82) is 0 Å². The SMILES string of the molecule is CC(C)CC(C)Oc1ccc(N)c(N)c1. The summed E-state index contributed by atoms with van der Waals surface area (Å²) in [5, 5.41) is 0. The van der Waals surface area contributed by atoms with Gasteiger partial charge < -0.3 is 16.2 Å². The van der Waals surface area contributed by atoms with Crippen molar-refractivity contribution in [2.45, 2.75) is 33.3 Å². The molecule has 0 fully saturated rings. The molecule has 0 aliphatic carbocycles. The standard InChI is InChI=1S/C12H20N2O/c1-8(2)6-9(3)15-10-4-5-11(13)12(14)7-10/h4-5,7-9H,6,13-14H2,1-3H3. The third kappa shape index (κ3) is 3.70. The minimum atomic E-state index is 0.202. The highest BCUT2D eigenvalue weighted by Crippen LogP contribution is 2.23. The van der Waals surface area contributed by atoms with Crippen LogP contribution in [0.4, 0.5) is 11.4 Å². The molecule has 0 radical (unpaired) electrons. The summed E-state index contributed by atoms with van der Waals surface area (Å²) >= 11 is 0. The Balaban J connectivity index is 2.60. The van der Waals surface area contributed by atoms with E-state index in [0.717, 1.165) is 12.2 Å². The van der Waals surface area contributed by atoms with Crippen LogP contribution in [-0.4, -0.2) is 6.10 Å². The van der Waals surface area contributed by atoms with E-state index < -0.39 is 0 Å². The van der Waals surface area contributed by atoms with Crippen molar-refractivity contribution in [2.24, 2.45) is 5.92 Å². The Labute approximate surface area is 91.4 Å². The van der Waals surface area contributed by atoms with Gasteiger partial charge >= 0.3 is 0 Å². The van der Waals surface area contributed by atoms with E-state index in [0.29, 0.717) is 17.3 Å². The van der Waals surface area contributed by atoms with E-state index in [2.05, 4.69) is 20.8 Å². The van der Waals surface area contributed by atoms with Crippen LogP contribution in [-0.2, 0) is 0 Å². The van der Waals surface area contributed by atoms with Crippen molar-refractivity contribution in [1.82, 2.24) is 0 Å². The molecular weight excluding hydrogens is 188 g/mol. The van der Waals surface area contributed by atoms with Gasteiger partial charge in [0, 0.05) is 6.07 Å². The third-order valence-corrected chi connectivity index (χ3v) is 2.20. The van der Waals surface area contributed by atoms with Crippen LogP contribution in [0, 0.1) is 5.92 Å². The van der Waals surface area contributed by atoms with Gasteiger partial charge in [-0.15, -0.1) is 0 Å². The average molecular weight is 208 g/mol. The molecule has 15 heavy (non-hydrogen) atoms. The van der Waals surface area contributed by atoms with Gasteiger partial charge in [-0.1, -0.05) is 13.8 Å². The first-order chi connectivity index (χ1) is 6.99. The van der Waals surface area contributed by atoms with Crippen LogP contribution >= 0.6 is 0 Å². The van der Waals surface area contributed by atoms with Gasteiger partial charge in [-0.2, -0.15) is 0 Å². The van der Waals surface area contributed by atoms with E-state index in [1.165, 1.54) is 0 Å². The summed E-state index contributed by atoms with van der Waals surface area (Å²) in [5.41, 5.74) is 12.5. The summed E-state index contributed by atoms with van der Waals surface area (Å²) in [6.45, 7) is 6.42. The number of benzene rings is 1. The van der Waals surface area contributed by atoms with Crippen LogP contribution in [0.3, 0.4) is 0 Å². The normalized spacial score (nSPS) is 12.8. The predicted octanol–water partition coefficient (Wildman–Crippen LogP) is 2.66. The van der Waals surface area contributed by atoms with E-state index in [4.69, 9.17) is 16.2 Å². The molecule has 0 spiro atoms. The summed E-state index contributed by atoms with van der Waals surface area (Å²) in [4.78, 5) is 0. The van der Waals surface area contributed by atoms with Crippen LogP contribution in [0.25, 0.3) is 0 Å². The maximum atomic E-state index is 5.73. The molecule has 3 heteroatoms. The molecule has 0 aliphatic heterocycles. The smallest absolute Gasteiger partial charge is 0.121 e. The fourth-order valence-electron chi connectivity index (χ4n) is 1.57.